The quantitative estimate of drug-likeness (QED) is 0.579. The van der Waals surface area contributed by atoms with Gasteiger partial charge in [-0.15, -0.1) is 16.4 Å². The van der Waals surface area contributed by atoms with Crippen molar-refractivity contribution < 1.29 is 18.0 Å². The number of rotatable bonds is 8. The van der Waals surface area contributed by atoms with E-state index in [1.165, 1.54) is 6.26 Å². The number of nitrogens with one attached hydrogen (secondary N) is 1. The van der Waals surface area contributed by atoms with Crippen LogP contribution in [-0.2, 0) is 32.4 Å². The maximum Gasteiger partial charge on any atom is 0.330 e. The molecule has 0 unspecified atom stereocenters. The Morgan fingerprint density at radius 3 is 2.47 bits per heavy atom. The molecule has 1 aliphatic heterocycles. The fraction of sp³-hybridized carbons (Fsp3) is 0.565. The van der Waals surface area contributed by atoms with Gasteiger partial charge in [-0.3, -0.25) is 0 Å². The summed E-state index contributed by atoms with van der Waals surface area (Å²) in [6, 6.07) is 7.05. The number of hydrogen-bond acceptors (Lipinski definition) is 8. The van der Waals surface area contributed by atoms with Crippen LogP contribution in [-0.4, -0.2) is 50.3 Å². The highest BCUT2D eigenvalue weighted by molar-refractivity contribution is 7.90. The van der Waals surface area contributed by atoms with Gasteiger partial charge in [0.25, 0.3) is 0 Å². The molecule has 7 nitrogen and oxygen atoms in total. The molecule has 1 fully saturated rings. The van der Waals surface area contributed by atoms with Crippen LogP contribution in [0.4, 0.5) is 0 Å². The average molecular weight is 480 g/mol. The van der Waals surface area contributed by atoms with Crippen molar-refractivity contribution >= 4 is 27.1 Å². The summed E-state index contributed by atoms with van der Waals surface area (Å²) in [5.41, 5.74) is 1.65. The maximum absolute atomic E-state index is 12.1. The van der Waals surface area contributed by atoms with Crippen LogP contribution < -0.4 is 5.32 Å². The summed E-state index contributed by atoms with van der Waals surface area (Å²) >= 11 is 1.70. The second-order valence-electron chi connectivity index (χ2n) is 9.35. The Balaban J connectivity index is 1.39. The fourth-order valence-electron chi connectivity index (χ4n) is 3.39. The maximum atomic E-state index is 12.1. The lowest BCUT2D eigenvalue weighted by Crippen LogP contribution is -2.38. The minimum atomic E-state index is -3.15. The third kappa shape index (κ3) is 7.10. The molecule has 32 heavy (non-hydrogen) atoms. The molecule has 1 saturated heterocycles. The van der Waals surface area contributed by atoms with Crippen LogP contribution in [0.1, 0.15) is 55.8 Å². The zero-order valence-electron chi connectivity index (χ0n) is 19.3. The lowest BCUT2D eigenvalue weighted by molar-refractivity contribution is -0.204. The average Bonchev–Trinajstić information content (AvgIpc) is 3.20. The van der Waals surface area contributed by atoms with E-state index in [2.05, 4.69) is 10.7 Å². The molecule has 1 aliphatic rings. The number of hydroxylamine groups is 2. The highest BCUT2D eigenvalue weighted by Crippen LogP contribution is 2.31. The topological polar surface area (TPSA) is 88.6 Å². The van der Waals surface area contributed by atoms with Gasteiger partial charge in [0.2, 0.25) is 0 Å². The second-order valence-corrected chi connectivity index (χ2v) is 12.3. The lowest BCUT2D eigenvalue weighted by atomic mass is 9.97. The van der Waals surface area contributed by atoms with Crippen LogP contribution in [0, 0.1) is 5.41 Å². The molecule has 1 N–H and O–H groups in total. The van der Waals surface area contributed by atoms with Gasteiger partial charge in [0.05, 0.1) is 21.0 Å². The van der Waals surface area contributed by atoms with E-state index in [0.717, 1.165) is 55.2 Å². The van der Waals surface area contributed by atoms with Gasteiger partial charge in [-0.1, -0.05) is 12.1 Å². The van der Waals surface area contributed by atoms with Gasteiger partial charge < -0.3 is 10.2 Å². The summed E-state index contributed by atoms with van der Waals surface area (Å²) in [6.45, 7) is 8.56. The second kappa shape index (κ2) is 10.4. The van der Waals surface area contributed by atoms with E-state index in [0.29, 0.717) is 17.4 Å². The SMILES string of the molecule is CC(C)(C)C(=O)ON1CCC(c2nc(CNCCc3ccc(S(C)(=O)=O)cc3)cs2)CC1. The minimum Gasteiger partial charge on any atom is -0.367 e. The van der Waals surface area contributed by atoms with Crippen molar-refractivity contribution in [1.82, 2.24) is 15.4 Å². The van der Waals surface area contributed by atoms with Crippen LogP contribution in [0.3, 0.4) is 0 Å². The van der Waals surface area contributed by atoms with Crippen LogP contribution >= 0.6 is 11.3 Å². The number of carbonyl (C=O) groups excluding carboxylic acids is 1. The van der Waals surface area contributed by atoms with E-state index >= 15 is 0 Å². The Hall–Kier alpha value is -1.81. The van der Waals surface area contributed by atoms with Crippen molar-refractivity contribution in [2.45, 2.75) is 57.4 Å². The molecule has 2 aromatic rings. The summed E-state index contributed by atoms with van der Waals surface area (Å²) in [6.07, 6.45) is 3.91. The van der Waals surface area contributed by atoms with Crippen molar-refractivity contribution in [2.24, 2.45) is 5.41 Å². The zero-order chi connectivity index (χ0) is 23.4. The van der Waals surface area contributed by atoms with Crippen LogP contribution in [0.25, 0.3) is 0 Å². The Morgan fingerprint density at radius 1 is 1.22 bits per heavy atom. The number of nitrogens with zero attached hydrogens (tertiary/aromatic N) is 2. The molecule has 1 aromatic carbocycles. The Morgan fingerprint density at radius 2 is 1.88 bits per heavy atom. The van der Waals surface area contributed by atoms with Gasteiger partial charge in [0.15, 0.2) is 9.84 Å². The van der Waals surface area contributed by atoms with Crippen molar-refractivity contribution in [3.63, 3.8) is 0 Å². The molecule has 0 bridgehead atoms. The number of carbonyl (C=O) groups is 1. The third-order valence-electron chi connectivity index (χ3n) is 5.45. The smallest absolute Gasteiger partial charge is 0.330 e. The van der Waals surface area contributed by atoms with Crippen molar-refractivity contribution in [2.75, 3.05) is 25.9 Å². The molecule has 0 saturated carbocycles. The molecule has 3 rings (SSSR count). The largest absolute Gasteiger partial charge is 0.367 e. The van der Waals surface area contributed by atoms with Crippen molar-refractivity contribution in [3.05, 3.63) is 45.9 Å². The summed E-state index contributed by atoms with van der Waals surface area (Å²) in [4.78, 5) is 22.7. The highest BCUT2D eigenvalue weighted by Gasteiger charge is 2.29. The molecule has 2 heterocycles. The first-order valence-electron chi connectivity index (χ1n) is 10.9. The standard InChI is InChI=1S/C23H33N3O4S2/c1-23(2,3)22(27)30-26-13-10-18(11-14-26)21-25-19(16-31-21)15-24-12-9-17-5-7-20(8-6-17)32(4,28)29/h5-8,16,18,24H,9-15H2,1-4H3. The van der Waals surface area contributed by atoms with E-state index in [9.17, 15) is 13.2 Å². The predicted molar refractivity (Wildman–Crippen MR) is 126 cm³/mol. The Kier molecular flexibility index (Phi) is 8.08. The number of sulfone groups is 1. The summed E-state index contributed by atoms with van der Waals surface area (Å²) in [5, 5.41) is 8.45. The Bertz CT molecular complexity index is 1000. The van der Waals surface area contributed by atoms with E-state index in [4.69, 9.17) is 9.82 Å². The monoisotopic (exact) mass is 479 g/mol. The number of thiazole rings is 1. The number of piperidine rings is 1. The van der Waals surface area contributed by atoms with Crippen molar-refractivity contribution in [1.29, 1.82) is 0 Å². The lowest BCUT2D eigenvalue weighted by Gasteiger charge is -2.31. The molecule has 1 aromatic heterocycles. The third-order valence-corrected chi connectivity index (χ3v) is 7.63. The van der Waals surface area contributed by atoms with E-state index in [-0.39, 0.29) is 5.97 Å². The van der Waals surface area contributed by atoms with Gasteiger partial charge in [0, 0.05) is 37.2 Å². The first-order chi connectivity index (χ1) is 15.0. The van der Waals surface area contributed by atoms with E-state index < -0.39 is 15.3 Å². The predicted octanol–water partition coefficient (Wildman–Crippen LogP) is 3.56. The van der Waals surface area contributed by atoms with Gasteiger partial charge in [0.1, 0.15) is 0 Å². The van der Waals surface area contributed by atoms with Gasteiger partial charge in [-0.05, 0) is 64.3 Å². The van der Waals surface area contributed by atoms with Gasteiger partial charge in [-0.25, -0.2) is 18.2 Å². The molecule has 0 atom stereocenters. The first-order valence-corrected chi connectivity index (χ1v) is 13.7. The first kappa shape index (κ1) is 24.8. The van der Waals surface area contributed by atoms with Gasteiger partial charge >= 0.3 is 5.97 Å². The van der Waals surface area contributed by atoms with Crippen LogP contribution in [0.2, 0.25) is 0 Å². The molecule has 0 radical (unpaired) electrons. The molecule has 176 valence electrons. The fourth-order valence-corrected chi connectivity index (χ4v) is 5.01. The van der Waals surface area contributed by atoms with Crippen LogP contribution in [0.15, 0.2) is 34.5 Å². The van der Waals surface area contributed by atoms with E-state index in [1.807, 2.05) is 32.9 Å². The molecule has 0 amide bonds. The normalized spacial score (nSPS) is 16.2. The van der Waals surface area contributed by atoms with Gasteiger partial charge in [-0.2, -0.15) is 0 Å². The number of aromatic nitrogens is 1. The minimum absolute atomic E-state index is 0.190. The van der Waals surface area contributed by atoms with E-state index in [1.54, 1.807) is 28.5 Å². The number of hydrogen-bond donors (Lipinski definition) is 1. The molecule has 0 spiro atoms. The zero-order valence-corrected chi connectivity index (χ0v) is 20.9. The summed E-state index contributed by atoms with van der Waals surface area (Å²) < 4.78 is 23.1. The van der Waals surface area contributed by atoms with Crippen molar-refractivity contribution in [3.8, 4) is 0 Å². The highest BCUT2D eigenvalue weighted by atomic mass is 32.2. The number of benzene rings is 1. The molecule has 0 aliphatic carbocycles. The molecular formula is C23H33N3O4S2. The van der Waals surface area contributed by atoms with Crippen LogP contribution in [0.5, 0.6) is 0 Å². The molecule has 9 heteroatoms. The Labute approximate surface area is 195 Å². The summed E-state index contributed by atoms with van der Waals surface area (Å²) in [7, 11) is -3.15. The molecular weight excluding hydrogens is 446 g/mol. The summed E-state index contributed by atoms with van der Waals surface area (Å²) in [5.74, 6) is 0.219.